The normalized spacial score (nSPS) is 20.1. The van der Waals surface area contributed by atoms with E-state index in [4.69, 9.17) is 0 Å². The van der Waals surface area contributed by atoms with Crippen LogP contribution in [0.1, 0.15) is 62.2 Å². The zero-order chi connectivity index (χ0) is 20.3. The van der Waals surface area contributed by atoms with Crippen molar-refractivity contribution in [2.24, 2.45) is 5.92 Å². The summed E-state index contributed by atoms with van der Waals surface area (Å²) in [6.07, 6.45) is 6.84. The molecular formula is C21H30N2O4S. The Hall–Kier alpha value is -1.73. The highest BCUT2D eigenvalue weighted by Gasteiger charge is 2.34. The zero-order valence-corrected chi connectivity index (χ0v) is 17.6. The molecule has 0 spiro atoms. The fourth-order valence-corrected chi connectivity index (χ4v) is 5.82. The Morgan fingerprint density at radius 2 is 1.68 bits per heavy atom. The van der Waals surface area contributed by atoms with Crippen LogP contribution in [0, 0.1) is 5.92 Å². The van der Waals surface area contributed by atoms with Crippen molar-refractivity contribution in [3.8, 4) is 0 Å². The van der Waals surface area contributed by atoms with E-state index in [1.165, 1.54) is 42.6 Å². The van der Waals surface area contributed by atoms with E-state index in [0.717, 1.165) is 12.8 Å². The SMILES string of the molecule is CC(=O)c1cccc(S(=O)(=O)N2CCC(C(=O)N(C)C3CCCCC3)CC2)c1. The van der Waals surface area contributed by atoms with Gasteiger partial charge in [-0.05, 0) is 44.7 Å². The number of amides is 1. The smallest absolute Gasteiger partial charge is 0.243 e. The molecule has 2 fully saturated rings. The number of benzene rings is 1. The summed E-state index contributed by atoms with van der Waals surface area (Å²) in [6, 6.07) is 6.51. The first-order valence-electron chi connectivity index (χ1n) is 10.2. The second-order valence-corrected chi connectivity index (χ2v) is 9.94. The Balaban J connectivity index is 1.63. The second kappa shape index (κ2) is 8.74. The number of ketones is 1. The average molecular weight is 407 g/mol. The van der Waals surface area contributed by atoms with Crippen LogP contribution >= 0.6 is 0 Å². The number of hydrogen-bond acceptors (Lipinski definition) is 4. The first-order valence-corrected chi connectivity index (χ1v) is 11.6. The molecule has 0 unspecified atom stereocenters. The van der Waals surface area contributed by atoms with Crippen molar-refractivity contribution in [2.75, 3.05) is 20.1 Å². The Morgan fingerprint density at radius 3 is 2.29 bits per heavy atom. The summed E-state index contributed by atoms with van der Waals surface area (Å²) >= 11 is 0. The topological polar surface area (TPSA) is 74.8 Å². The third-order valence-corrected chi connectivity index (χ3v) is 8.05. The Kier molecular flexibility index (Phi) is 6.55. The molecule has 1 saturated carbocycles. The molecule has 1 aliphatic heterocycles. The highest BCUT2D eigenvalue weighted by atomic mass is 32.2. The Bertz CT molecular complexity index is 823. The van der Waals surface area contributed by atoms with Gasteiger partial charge in [0.1, 0.15) is 0 Å². The van der Waals surface area contributed by atoms with Crippen molar-refractivity contribution in [1.82, 2.24) is 9.21 Å². The van der Waals surface area contributed by atoms with Crippen LogP contribution in [0.5, 0.6) is 0 Å². The van der Waals surface area contributed by atoms with Gasteiger partial charge in [-0.25, -0.2) is 8.42 Å². The van der Waals surface area contributed by atoms with Crippen molar-refractivity contribution < 1.29 is 18.0 Å². The molecule has 6 nitrogen and oxygen atoms in total. The third kappa shape index (κ3) is 4.46. The minimum Gasteiger partial charge on any atom is -0.343 e. The van der Waals surface area contributed by atoms with E-state index in [1.807, 2.05) is 11.9 Å². The maximum atomic E-state index is 12.9. The molecule has 1 heterocycles. The molecule has 0 aromatic heterocycles. The molecule has 1 amide bonds. The first-order chi connectivity index (χ1) is 13.3. The Labute approximate surface area is 167 Å². The number of nitrogens with zero attached hydrogens (tertiary/aromatic N) is 2. The molecule has 154 valence electrons. The summed E-state index contributed by atoms with van der Waals surface area (Å²) in [4.78, 5) is 26.5. The van der Waals surface area contributed by atoms with Gasteiger partial charge in [-0.2, -0.15) is 4.31 Å². The van der Waals surface area contributed by atoms with Crippen molar-refractivity contribution in [3.63, 3.8) is 0 Å². The van der Waals surface area contributed by atoms with Gasteiger partial charge in [-0.1, -0.05) is 31.4 Å². The van der Waals surface area contributed by atoms with Gasteiger partial charge in [0.25, 0.3) is 0 Å². The standard InChI is InChI=1S/C21H30N2O4S/c1-16(24)18-7-6-10-20(15-18)28(26,27)23-13-11-17(12-14-23)21(25)22(2)19-8-4-3-5-9-19/h6-7,10,15,17,19H,3-5,8-9,11-14H2,1-2H3. The van der Waals surface area contributed by atoms with E-state index < -0.39 is 10.0 Å². The summed E-state index contributed by atoms with van der Waals surface area (Å²) in [7, 11) is -1.75. The minimum atomic E-state index is -3.65. The predicted molar refractivity (Wildman–Crippen MR) is 108 cm³/mol. The largest absolute Gasteiger partial charge is 0.343 e. The summed E-state index contributed by atoms with van der Waals surface area (Å²) in [5.74, 6) is -0.114. The fourth-order valence-electron chi connectivity index (χ4n) is 4.30. The molecule has 0 atom stereocenters. The molecule has 1 aliphatic carbocycles. The van der Waals surface area contributed by atoms with E-state index in [0.29, 0.717) is 37.5 Å². The maximum absolute atomic E-state index is 12.9. The van der Waals surface area contributed by atoms with E-state index in [1.54, 1.807) is 12.1 Å². The number of piperidine rings is 1. The lowest BCUT2D eigenvalue weighted by Crippen LogP contribution is -2.46. The molecule has 1 aromatic rings. The number of sulfonamides is 1. The number of Topliss-reactive ketones (excluding diaryl/α,β-unsaturated/α-hetero) is 1. The maximum Gasteiger partial charge on any atom is 0.243 e. The average Bonchev–Trinajstić information content (AvgIpc) is 2.73. The minimum absolute atomic E-state index is 0.109. The van der Waals surface area contributed by atoms with Crippen LogP contribution in [-0.2, 0) is 14.8 Å². The molecular weight excluding hydrogens is 376 g/mol. The molecule has 28 heavy (non-hydrogen) atoms. The van der Waals surface area contributed by atoms with Crippen LogP contribution in [0.15, 0.2) is 29.2 Å². The van der Waals surface area contributed by atoms with Crippen LogP contribution in [0.3, 0.4) is 0 Å². The molecule has 0 bridgehead atoms. The number of carbonyl (C=O) groups is 2. The lowest BCUT2D eigenvalue weighted by molar-refractivity contribution is -0.138. The van der Waals surface area contributed by atoms with Crippen molar-refractivity contribution in [3.05, 3.63) is 29.8 Å². The van der Waals surface area contributed by atoms with Crippen molar-refractivity contribution in [2.45, 2.75) is 62.8 Å². The summed E-state index contributed by atoms with van der Waals surface area (Å²) in [5.41, 5.74) is 0.389. The summed E-state index contributed by atoms with van der Waals surface area (Å²) in [5, 5.41) is 0. The predicted octanol–water partition coefficient (Wildman–Crippen LogP) is 3.08. The Morgan fingerprint density at radius 1 is 1.04 bits per heavy atom. The van der Waals surface area contributed by atoms with E-state index in [9.17, 15) is 18.0 Å². The molecule has 7 heteroatoms. The van der Waals surface area contributed by atoms with Gasteiger partial charge in [0.15, 0.2) is 5.78 Å². The lowest BCUT2D eigenvalue weighted by Gasteiger charge is -2.36. The molecule has 1 saturated heterocycles. The van der Waals surface area contributed by atoms with Gasteiger partial charge in [0.05, 0.1) is 4.90 Å². The van der Waals surface area contributed by atoms with E-state index in [-0.39, 0.29) is 22.5 Å². The fraction of sp³-hybridized carbons (Fsp3) is 0.619. The van der Waals surface area contributed by atoms with Gasteiger partial charge in [0, 0.05) is 37.7 Å². The van der Waals surface area contributed by atoms with Crippen molar-refractivity contribution >= 4 is 21.7 Å². The van der Waals surface area contributed by atoms with Gasteiger partial charge >= 0.3 is 0 Å². The highest BCUT2D eigenvalue weighted by Crippen LogP contribution is 2.28. The number of rotatable bonds is 5. The third-order valence-electron chi connectivity index (χ3n) is 6.15. The first kappa shape index (κ1) is 21.0. The van der Waals surface area contributed by atoms with Gasteiger partial charge in [-0.3, -0.25) is 9.59 Å². The van der Waals surface area contributed by atoms with Crippen LogP contribution in [-0.4, -0.2) is 55.5 Å². The zero-order valence-electron chi connectivity index (χ0n) is 16.8. The summed E-state index contributed by atoms with van der Waals surface area (Å²) in [6.45, 7) is 2.09. The van der Waals surface area contributed by atoms with Gasteiger partial charge in [0.2, 0.25) is 15.9 Å². The molecule has 3 rings (SSSR count). The quantitative estimate of drug-likeness (QED) is 0.704. The summed E-state index contributed by atoms with van der Waals surface area (Å²) < 4.78 is 27.3. The highest BCUT2D eigenvalue weighted by molar-refractivity contribution is 7.89. The van der Waals surface area contributed by atoms with Crippen LogP contribution < -0.4 is 0 Å². The molecule has 1 aromatic carbocycles. The van der Waals surface area contributed by atoms with E-state index in [2.05, 4.69) is 0 Å². The van der Waals surface area contributed by atoms with Crippen LogP contribution in [0.2, 0.25) is 0 Å². The monoisotopic (exact) mass is 406 g/mol. The molecule has 0 radical (unpaired) electrons. The molecule has 0 N–H and O–H groups in total. The number of carbonyl (C=O) groups excluding carboxylic acids is 2. The van der Waals surface area contributed by atoms with Crippen molar-refractivity contribution in [1.29, 1.82) is 0 Å². The van der Waals surface area contributed by atoms with Gasteiger partial charge in [-0.15, -0.1) is 0 Å². The van der Waals surface area contributed by atoms with Gasteiger partial charge < -0.3 is 4.90 Å². The molecule has 2 aliphatic rings. The lowest BCUT2D eigenvalue weighted by atomic mass is 9.91. The van der Waals surface area contributed by atoms with Crippen LogP contribution in [0.25, 0.3) is 0 Å². The van der Waals surface area contributed by atoms with E-state index >= 15 is 0 Å². The second-order valence-electron chi connectivity index (χ2n) is 8.00. The van der Waals surface area contributed by atoms with Crippen LogP contribution in [0.4, 0.5) is 0 Å². The number of hydrogen-bond donors (Lipinski definition) is 0.